The monoisotopic (exact) mass is 411 g/mol. The Hall–Kier alpha value is -3.48. The number of nitrogens with zero attached hydrogens (tertiary/aromatic N) is 1. The first-order valence-corrected chi connectivity index (χ1v) is 9.51. The van der Waals surface area contributed by atoms with Gasteiger partial charge in [-0.05, 0) is 42.8 Å². The van der Waals surface area contributed by atoms with Crippen molar-refractivity contribution in [2.75, 3.05) is 27.9 Å². The molecule has 0 radical (unpaired) electrons. The fourth-order valence-electron chi connectivity index (χ4n) is 3.00. The maximum atomic E-state index is 11.4. The van der Waals surface area contributed by atoms with Gasteiger partial charge in [-0.15, -0.1) is 0 Å². The molecule has 1 heterocycles. The lowest BCUT2D eigenvalue weighted by atomic mass is 10.1. The number of aromatic nitrogens is 1. The Morgan fingerprint density at radius 1 is 1.03 bits per heavy atom. The van der Waals surface area contributed by atoms with E-state index < -0.39 is 0 Å². The first kappa shape index (κ1) is 21.2. The summed E-state index contributed by atoms with van der Waals surface area (Å²) in [4.78, 5) is 16.0. The van der Waals surface area contributed by atoms with Gasteiger partial charge in [0.1, 0.15) is 11.5 Å². The molecule has 158 valence electrons. The second-order valence-electron chi connectivity index (χ2n) is 6.59. The molecule has 0 saturated heterocycles. The summed E-state index contributed by atoms with van der Waals surface area (Å²) in [6.07, 6.45) is 0.800. The van der Waals surface area contributed by atoms with Crippen LogP contribution in [-0.4, -0.2) is 38.9 Å². The van der Waals surface area contributed by atoms with Crippen LogP contribution in [0.4, 0.5) is 0 Å². The van der Waals surface area contributed by atoms with E-state index in [0.29, 0.717) is 36.2 Å². The number of oxazole rings is 1. The molecule has 7 nitrogen and oxygen atoms in total. The van der Waals surface area contributed by atoms with E-state index in [9.17, 15) is 4.79 Å². The summed E-state index contributed by atoms with van der Waals surface area (Å²) in [6, 6.07) is 12.9. The minimum absolute atomic E-state index is 0.213. The van der Waals surface area contributed by atoms with Crippen LogP contribution < -0.4 is 14.2 Å². The Bertz CT molecular complexity index is 1010. The van der Waals surface area contributed by atoms with Crippen LogP contribution in [0.15, 0.2) is 46.9 Å². The fraction of sp³-hybridized carbons (Fsp3) is 0.304. The maximum Gasteiger partial charge on any atom is 0.309 e. The zero-order valence-corrected chi connectivity index (χ0v) is 17.6. The van der Waals surface area contributed by atoms with Crippen molar-refractivity contribution >= 4 is 5.97 Å². The van der Waals surface area contributed by atoms with Crippen molar-refractivity contribution in [2.24, 2.45) is 0 Å². The van der Waals surface area contributed by atoms with E-state index in [1.54, 1.807) is 14.2 Å². The number of hydrogen-bond acceptors (Lipinski definition) is 7. The van der Waals surface area contributed by atoms with Crippen molar-refractivity contribution in [3.05, 3.63) is 59.5 Å². The number of carbonyl (C=O) groups excluding carboxylic acids is 1. The van der Waals surface area contributed by atoms with Crippen LogP contribution in [0.1, 0.15) is 17.0 Å². The third-order valence-corrected chi connectivity index (χ3v) is 4.61. The Morgan fingerprint density at radius 2 is 1.83 bits per heavy atom. The van der Waals surface area contributed by atoms with Gasteiger partial charge < -0.3 is 23.4 Å². The van der Waals surface area contributed by atoms with Crippen molar-refractivity contribution in [1.82, 2.24) is 4.98 Å². The van der Waals surface area contributed by atoms with Crippen LogP contribution in [0.5, 0.6) is 17.2 Å². The first-order chi connectivity index (χ1) is 14.5. The SMILES string of the molecule is COC(=O)Cc1cccc(OCCc2nc(-c3ccc(OC)c(OC)c3)oc2C)c1. The number of rotatable bonds is 9. The molecule has 0 unspecified atom stereocenters. The van der Waals surface area contributed by atoms with Gasteiger partial charge in [0, 0.05) is 12.0 Å². The molecule has 2 aromatic carbocycles. The molecule has 0 aliphatic carbocycles. The third-order valence-electron chi connectivity index (χ3n) is 4.61. The van der Waals surface area contributed by atoms with Crippen molar-refractivity contribution in [2.45, 2.75) is 19.8 Å². The number of aryl methyl sites for hydroxylation is 1. The second kappa shape index (κ2) is 9.82. The maximum absolute atomic E-state index is 11.4. The van der Waals surface area contributed by atoms with E-state index >= 15 is 0 Å². The van der Waals surface area contributed by atoms with Gasteiger partial charge in [-0.2, -0.15) is 0 Å². The molecule has 0 bridgehead atoms. The van der Waals surface area contributed by atoms with Gasteiger partial charge >= 0.3 is 5.97 Å². The molecule has 3 rings (SSSR count). The van der Waals surface area contributed by atoms with Gasteiger partial charge in [0.15, 0.2) is 11.5 Å². The zero-order valence-electron chi connectivity index (χ0n) is 17.6. The lowest BCUT2D eigenvalue weighted by Gasteiger charge is -2.07. The second-order valence-corrected chi connectivity index (χ2v) is 6.59. The highest BCUT2D eigenvalue weighted by atomic mass is 16.5. The highest BCUT2D eigenvalue weighted by Crippen LogP contribution is 2.32. The first-order valence-electron chi connectivity index (χ1n) is 9.51. The molecule has 0 aliphatic rings. The van der Waals surface area contributed by atoms with Crippen LogP contribution >= 0.6 is 0 Å². The van der Waals surface area contributed by atoms with E-state index in [4.69, 9.17) is 23.4 Å². The molecular formula is C23H25NO6. The number of carbonyl (C=O) groups is 1. The number of ether oxygens (including phenoxy) is 4. The van der Waals surface area contributed by atoms with Crippen LogP contribution in [-0.2, 0) is 22.4 Å². The van der Waals surface area contributed by atoms with Crippen LogP contribution in [0.2, 0.25) is 0 Å². The number of methoxy groups -OCH3 is 3. The summed E-state index contributed by atoms with van der Waals surface area (Å²) >= 11 is 0. The minimum Gasteiger partial charge on any atom is -0.493 e. The number of esters is 1. The summed E-state index contributed by atoms with van der Waals surface area (Å²) in [5.74, 6) is 2.92. The average Bonchev–Trinajstić information content (AvgIpc) is 3.14. The van der Waals surface area contributed by atoms with E-state index in [0.717, 1.165) is 22.6 Å². The Morgan fingerprint density at radius 3 is 2.57 bits per heavy atom. The molecule has 0 spiro atoms. The van der Waals surface area contributed by atoms with Crippen LogP contribution in [0, 0.1) is 6.92 Å². The van der Waals surface area contributed by atoms with Gasteiger partial charge in [0.2, 0.25) is 5.89 Å². The Labute approximate surface area is 175 Å². The van der Waals surface area contributed by atoms with Crippen LogP contribution in [0.25, 0.3) is 11.5 Å². The molecule has 3 aromatic rings. The van der Waals surface area contributed by atoms with Gasteiger partial charge in [-0.3, -0.25) is 4.79 Å². The molecule has 0 amide bonds. The summed E-state index contributed by atoms with van der Waals surface area (Å²) in [5.41, 5.74) is 2.47. The standard InChI is InChI=1S/C23H25NO6/c1-15-19(10-11-29-18-7-5-6-16(12-18)13-22(25)28-4)24-23(30-15)17-8-9-20(26-2)21(14-17)27-3/h5-9,12,14H,10-11,13H2,1-4H3. The number of hydrogen-bond donors (Lipinski definition) is 0. The quantitative estimate of drug-likeness (QED) is 0.492. The summed E-state index contributed by atoms with van der Waals surface area (Å²) in [5, 5.41) is 0. The lowest BCUT2D eigenvalue weighted by Crippen LogP contribution is -2.06. The zero-order chi connectivity index (χ0) is 21.5. The largest absolute Gasteiger partial charge is 0.493 e. The summed E-state index contributed by atoms with van der Waals surface area (Å²) < 4.78 is 27.0. The molecule has 7 heteroatoms. The molecule has 0 aliphatic heterocycles. The van der Waals surface area contributed by atoms with Crippen molar-refractivity contribution in [1.29, 1.82) is 0 Å². The molecule has 0 saturated carbocycles. The molecular weight excluding hydrogens is 386 g/mol. The van der Waals surface area contributed by atoms with Gasteiger partial charge in [-0.1, -0.05) is 12.1 Å². The average molecular weight is 411 g/mol. The normalized spacial score (nSPS) is 10.5. The van der Waals surface area contributed by atoms with Crippen molar-refractivity contribution < 1.29 is 28.2 Å². The van der Waals surface area contributed by atoms with Gasteiger partial charge in [0.05, 0.1) is 40.1 Å². The van der Waals surface area contributed by atoms with Gasteiger partial charge in [0.25, 0.3) is 0 Å². The smallest absolute Gasteiger partial charge is 0.309 e. The molecule has 0 atom stereocenters. The van der Waals surface area contributed by atoms with E-state index in [1.807, 2.05) is 49.4 Å². The van der Waals surface area contributed by atoms with E-state index in [2.05, 4.69) is 4.98 Å². The molecule has 0 N–H and O–H groups in total. The predicted octanol–water partition coefficient (Wildman–Crippen LogP) is 4.00. The number of benzene rings is 2. The van der Waals surface area contributed by atoms with Crippen molar-refractivity contribution in [3.8, 4) is 28.7 Å². The minimum atomic E-state index is -0.284. The van der Waals surface area contributed by atoms with E-state index in [1.165, 1.54) is 7.11 Å². The highest BCUT2D eigenvalue weighted by Gasteiger charge is 2.14. The summed E-state index contributed by atoms with van der Waals surface area (Å²) in [6.45, 7) is 2.31. The molecule has 0 fully saturated rings. The van der Waals surface area contributed by atoms with Crippen molar-refractivity contribution in [3.63, 3.8) is 0 Å². The predicted molar refractivity (Wildman–Crippen MR) is 111 cm³/mol. The fourth-order valence-corrected chi connectivity index (χ4v) is 3.00. The van der Waals surface area contributed by atoms with Gasteiger partial charge in [-0.25, -0.2) is 4.98 Å². The third kappa shape index (κ3) is 5.11. The van der Waals surface area contributed by atoms with E-state index in [-0.39, 0.29) is 12.4 Å². The molecule has 30 heavy (non-hydrogen) atoms. The Balaban J connectivity index is 1.64. The lowest BCUT2D eigenvalue weighted by molar-refractivity contribution is -0.139. The summed E-state index contributed by atoms with van der Waals surface area (Å²) in [7, 11) is 4.56. The van der Waals surface area contributed by atoms with Crippen LogP contribution in [0.3, 0.4) is 0 Å². The topological polar surface area (TPSA) is 80.0 Å². The Kier molecular flexibility index (Phi) is 6.95. The molecule has 1 aromatic heterocycles. The highest BCUT2D eigenvalue weighted by molar-refractivity contribution is 5.72.